The van der Waals surface area contributed by atoms with Crippen LogP contribution in [0.3, 0.4) is 0 Å². The second kappa shape index (κ2) is 5.44. The third-order valence-corrected chi connectivity index (χ3v) is 4.64. The molecule has 0 N–H and O–H groups in total. The third-order valence-electron chi connectivity index (χ3n) is 3.73. The molecule has 1 unspecified atom stereocenters. The monoisotopic (exact) mass is 243 g/mol. The van der Waals surface area contributed by atoms with E-state index in [4.69, 9.17) is 0 Å². The van der Waals surface area contributed by atoms with Gasteiger partial charge in [0.1, 0.15) is 0 Å². The number of nitrogens with zero attached hydrogens (tertiary/aromatic N) is 1. The van der Waals surface area contributed by atoms with Crippen molar-refractivity contribution in [2.45, 2.75) is 45.8 Å². The molecule has 0 saturated carbocycles. The SMILES string of the molecule is CSC(C)C(=O)N1CCC(C(C)(C)C)CC1. The predicted molar refractivity (Wildman–Crippen MR) is 71.7 cm³/mol. The molecule has 0 bridgehead atoms. The van der Waals surface area contributed by atoms with Crippen molar-refractivity contribution < 1.29 is 4.79 Å². The molecule has 16 heavy (non-hydrogen) atoms. The molecule has 2 nitrogen and oxygen atoms in total. The van der Waals surface area contributed by atoms with Crippen LogP contribution < -0.4 is 0 Å². The molecule has 94 valence electrons. The van der Waals surface area contributed by atoms with Crippen LogP contribution in [-0.2, 0) is 4.79 Å². The molecule has 0 radical (unpaired) electrons. The number of hydrogen-bond acceptors (Lipinski definition) is 2. The van der Waals surface area contributed by atoms with E-state index in [-0.39, 0.29) is 5.25 Å². The van der Waals surface area contributed by atoms with Crippen LogP contribution in [0.1, 0.15) is 40.5 Å². The molecule has 1 aliphatic heterocycles. The van der Waals surface area contributed by atoms with Crippen LogP contribution in [0.25, 0.3) is 0 Å². The Hall–Kier alpha value is -0.180. The van der Waals surface area contributed by atoms with Gasteiger partial charge in [0.15, 0.2) is 0 Å². The molecule has 1 saturated heterocycles. The van der Waals surface area contributed by atoms with Gasteiger partial charge in [-0.25, -0.2) is 0 Å². The summed E-state index contributed by atoms with van der Waals surface area (Å²) in [5, 5.41) is 0.117. The molecule has 1 aliphatic rings. The fourth-order valence-corrected chi connectivity index (χ4v) is 2.67. The number of hydrogen-bond donors (Lipinski definition) is 0. The van der Waals surface area contributed by atoms with Crippen LogP contribution in [0, 0.1) is 11.3 Å². The molecule has 1 atom stereocenters. The van der Waals surface area contributed by atoms with Gasteiger partial charge in [0.05, 0.1) is 5.25 Å². The van der Waals surface area contributed by atoms with E-state index in [0.29, 0.717) is 11.3 Å². The zero-order valence-corrected chi connectivity index (χ0v) is 12.1. The number of carbonyl (C=O) groups is 1. The summed E-state index contributed by atoms with van der Waals surface area (Å²) in [6.45, 7) is 10.8. The smallest absolute Gasteiger partial charge is 0.235 e. The van der Waals surface area contributed by atoms with Crippen LogP contribution >= 0.6 is 11.8 Å². The standard InChI is InChI=1S/C13H25NOS/c1-10(16-5)12(15)14-8-6-11(7-9-14)13(2,3)4/h10-11H,6-9H2,1-5H3. The maximum atomic E-state index is 12.0. The molecule has 0 aromatic carbocycles. The second-order valence-corrected chi connectivity index (χ2v) is 7.02. The lowest BCUT2D eigenvalue weighted by molar-refractivity contribution is -0.132. The normalized spacial score (nSPS) is 20.9. The van der Waals surface area contributed by atoms with Crippen molar-refractivity contribution in [2.24, 2.45) is 11.3 Å². The van der Waals surface area contributed by atoms with E-state index in [2.05, 4.69) is 20.8 Å². The first-order valence-corrected chi connectivity index (χ1v) is 7.46. The van der Waals surface area contributed by atoms with Gasteiger partial charge in [0.25, 0.3) is 0 Å². The van der Waals surface area contributed by atoms with Crippen LogP contribution in [0.2, 0.25) is 0 Å². The van der Waals surface area contributed by atoms with Crippen molar-refractivity contribution in [3.8, 4) is 0 Å². The van der Waals surface area contributed by atoms with Gasteiger partial charge >= 0.3 is 0 Å². The Morgan fingerprint density at radius 2 is 1.81 bits per heavy atom. The zero-order valence-electron chi connectivity index (χ0n) is 11.2. The van der Waals surface area contributed by atoms with E-state index in [1.54, 1.807) is 11.8 Å². The maximum absolute atomic E-state index is 12.0. The Bertz CT molecular complexity index is 239. The highest BCUT2D eigenvalue weighted by Crippen LogP contribution is 2.34. The summed E-state index contributed by atoms with van der Waals surface area (Å²) in [5.74, 6) is 1.08. The van der Waals surface area contributed by atoms with Gasteiger partial charge in [-0.1, -0.05) is 20.8 Å². The highest BCUT2D eigenvalue weighted by Gasteiger charge is 2.31. The Labute approximate surface area is 104 Å². The number of rotatable bonds is 2. The van der Waals surface area contributed by atoms with Crippen LogP contribution in [0.5, 0.6) is 0 Å². The van der Waals surface area contributed by atoms with Crippen molar-refractivity contribution >= 4 is 17.7 Å². The predicted octanol–water partition coefficient (Wildman–Crippen LogP) is 3.02. The van der Waals surface area contributed by atoms with Gasteiger partial charge < -0.3 is 4.90 Å². The van der Waals surface area contributed by atoms with E-state index in [1.165, 1.54) is 0 Å². The number of piperidine rings is 1. The minimum atomic E-state index is 0.117. The average Bonchev–Trinajstić information content (AvgIpc) is 2.26. The lowest BCUT2D eigenvalue weighted by Gasteiger charge is -2.39. The Morgan fingerprint density at radius 3 is 2.19 bits per heavy atom. The summed E-state index contributed by atoms with van der Waals surface area (Å²) in [7, 11) is 0. The first-order chi connectivity index (χ1) is 7.36. The minimum Gasteiger partial charge on any atom is -0.342 e. The number of amides is 1. The Balaban J connectivity index is 2.46. The molecule has 3 heteroatoms. The molecular formula is C13H25NOS. The van der Waals surface area contributed by atoms with Gasteiger partial charge in [0, 0.05) is 13.1 Å². The molecule has 0 aromatic heterocycles. The van der Waals surface area contributed by atoms with Crippen molar-refractivity contribution in [3.63, 3.8) is 0 Å². The summed E-state index contributed by atoms with van der Waals surface area (Å²) >= 11 is 1.64. The topological polar surface area (TPSA) is 20.3 Å². The fourth-order valence-electron chi connectivity index (χ4n) is 2.32. The molecule has 1 rings (SSSR count). The van der Waals surface area contributed by atoms with Crippen molar-refractivity contribution in [1.29, 1.82) is 0 Å². The summed E-state index contributed by atoms with van der Waals surface area (Å²) < 4.78 is 0. The zero-order chi connectivity index (χ0) is 12.3. The van der Waals surface area contributed by atoms with Gasteiger partial charge in [-0.05, 0) is 37.4 Å². The van der Waals surface area contributed by atoms with Crippen molar-refractivity contribution in [1.82, 2.24) is 4.90 Å². The van der Waals surface area contributed by atoms with E-state index < -0.39 is 0 Å². The summed E-state index contributed by atoms with van der Waals surface area (Å²) in [5.41, 5.74) is 0.389. The lowest BCUT2D eigenvalue weighted by Crippen LogP contribution is -2.44. The summed E-state index contributed by atoms with van der Waals surface area (Å²) in [6, 6.07) is 0. The highest BCUT2D eigenvalue weighted by atomic mass is 32.2. The molecule has 1 amide bonds. The summed E-state index contributed by atoms with van der Waals surface area (Å²) in [4.78, 5) is 14.0. The third kappa shape index (κ3) is 3.41. The highest BCUT2D eigenvalue weighted by molar-refractivity contribution is 7.99. The largest absolute Gasteiger partial charge is 0.342 e. The molecular weight excluding hydrogens is 218 g/mol. The Kier molecular flexibility index (Phi) is 4.72. The molecule has 0 spiro atoms. The minimum absolute atomic E-state index is 0.117. The van der Waals surface area contributed by atoms with E-state index in [9.17, 15) is 4.79 Å². The summed E-state index contributed by atoms with van der Waals surface area (Å²) in [6.07, 6.45) is 4.33. The van der Waals surface area contributed by atoms with E-state index >= 15 is 0 Å². The van der Waals surface area contributed by atoms with Gasteiger partial charge in [-0.3, -0.25) is 4.79 Å². The Morgan fingerprint density at radius 1 is 1.31 bits per heavy atom. The maximum Gasteiger partial charge on any atom is 0.235 e. The quantitative estimate of drug-likeness (QED) is 0.743. The molecule has 0 aliphatic carbocycles. The van der Waals surface area contributed by atoms with Gasteiger partial charge in [-0.15, -0.1) is 0 Å². The van der Waals surface area contributed by atoms with Crippen LogP contribution in [0.15, 0.2) is 0 Å². The van der Waals surface area contributed by atoms with Crippen molar-refractivity contribution in [2.75, 3.05) is 19.3 Å². The fraction of sp³-hybridized carbons (Fsp3) is 0.923. The first kappa shape index (κ1) is 13.9. The van der Waals surface area contributed by atoms with Crippen molar-refractivity contribution in [3.05, 3.63) is 0 Å². The van der Waals surface area contributed by atoms with Gasteiger partial charge in [0.2, 0.25) is 5.91 Å². The first-order valence-electron chi connectivity index (χ1n) is 6.18. The average molecular weight is 243 g/mol. The molecule has 0 aromatic rings. The van der Waals surface area contributed by atoms with E-state index in [0.717, 1.165) is 31.8 Å². The lowest BCUT2D eigenvalue weighted by atomic mass is 9.75. The number of likely N-dealkylation sites (tertiary alicyclic amines) is 1. The number of carbonyl (C=O) groups excluding carboxylic acids is 1. The van der Waals surface area contributed by atoms with Crippen LogP contribution in [-0.4, -0.2) is 35.4 Å². The van der Waals surface area contributed by atoms with E-state index in [1.807, 2.05) is 18.1 Å². The van der Waals surface area contributed by atoms with Crippen LogP contribution in [0.4, 0.5) is 0 Å². The molecule has 1 fully saturated rings. The molecule has 1 heterocycles. The number of thioether (sulfide) groups is 1. The second-order valence-electron chi connectivity index (χ2n) is 5.84. The van der Waals surface area contributed by atoms with Gasteiger partial charge in [-0.2, -0.15) is 11.8 Å².